The lowest BCUT2D eigenvalue weighted by Crippen LogP contribution is -2.15. The Balaban J connectivity index is 1.63. The van der Waals surface area contributed by atoms with Gasteiger partial charge < -0.3 is 15.4 Å². The molecule has 0 aliphatic carbocycles. The van der Waals surface area contributed by atoms with Gasteiger partial charge in [-0.2, -0.15) is 0 Å². The maximum atomic E-state index is 13.4. The average Bonchev–Trinajstić information content (AvgIpc) is 3.30. The van der Waals surface area contributed by atoms with Crippen molar-refractivity contribution in [2.24, 2.45) is 0 Å². The van der Waals surface area contributed by atoms with Crippen LogP contribution in [0, 0.1) is 11.6 Å². The molecule has 31 heavy (non-hydrogen) atoms. The SMILES string of the molecule is O=C(O)c1ccc(NCC(c2ccc(F)cc2)c2ncc[nH]2)cc1-c1ccc(F)cc1. The second-order valence-corrected chi connectivity index (χ2v) is 7.03. The summed E-state index contributed by atoms with van der Waals surface area (Å²) in [6.45, 7) is 0.439. The fraction of sp³-hybridized carbons (Fsp3) is 0.0833. The zero-order valence-electron chi connectivity index (χ0n) is 16.3. The number of H-pyrrole nitrogens is 1. The molecule has 3 N–H and O–H groups in total. The number of anilines is 1. The number of aromatic carboxylic acids is 1. The Labute approximate surface area is 177 Å². The minimum Gasteiger partial charge on any atom is -0.478 e. The number of carbonyl (C=O) groups is 1. The molecule has 0 saturated heterocycles. The van der Waals surface area contributed by atoms with Crippen LogP contribution in [0.2, 0.25) is 0 Å². The Morgan fingerprint density at radius 3 is 2.29 bits per heavy atom. The molecule has 0 bridgehead atoms. The van der Waals surface area contributed by atoms with Gasteiger partial charge in [0.15, 0.2) is 0 Å². The fourth-order valence-corrected chi connectivity index (χ4v) is 3.46. The van der Waals surface area contributed by atoms with E-state index in [1.54, 1.807) is 48.8 Å². The van der Waals surface area contributed by atoms with Gasteiger partial charge in [0.05, 0.1) is 11.5 Å². The monoisotopic (exact) mass is 419 g/mol. The van der Waals surface area contributed by atoms with E-state index in [1.165, 1.54) is 30.3 Å². The number of benzene rings is 3. The molecule has 1 aromatic heterocycles. The van der Waals surface area contributed by atoms with Crippen LogP contribution in [0.25, 0.3) is 11.1 Å². The second kappa shape index (κ2) is 8.79. The summed E-state index contributed by atoms with van der Waals surface area (Å²) < 4.78 is 26.7. The van der Waals surface area contributed by atoms with Gasteiger partial charge in [0.1, 0.15) is 17.5 Å². The van der Waals surface area contributed by atoms with Crippen LogP contribution in [0.4, 0.5) is 14.5 Å². The molecule has 0 radical (unpaired) electrons. The lowest BCUT2D eigenvalue weighted by Gasteiger charge is -2.18. The van der Waals surface area contributed by atoms with Crippen molar-refractivity contribution in [3.05, 3.63) is 108 Å². The van der Waals surface area contributed by atoms with E-state index in [2.05, 4.69) is 15.3 Å². The van der Waals surface area contributed by atoms with Gasteiger partial charge in [-0.1, -0.05) is 24.3 Å². The lowest BCUT2D eigenvalue weighted by molar-refractivity contribution is 0.0697. The first-order chi connectivity index (χ1) is 15.0. The molecule has 156 valence electrons. The highest BCUT2D eigenvalue weighted by molar-refractivity contribution is 5.97. The lowest BCUT2D eigenvalue weighted by atomic mass is 9.97. The standard InChI is InChI=1S/C24H19F2N3O2/c25-17-5-1-15(2-6-17)21-13-19(9-10-20(21)24(30)31)29-14-22(23-27-11-12-28-23)16-3-7-18(26)8-4-16/h1-13,22,29H,14H2,(H,27,28)(H,30,31). The van der Waals surface area contributed by atoms with Gasteiger partial charge in [-0.15, -0.1) is 0 Å². The zero-order valence-corrected chi connectivity index (χ0v) is 16.3. The molecule has 0 fully saturated rings. The van der Waals surface area contributed by atoms with Gasteiger partial charge >= 0.3 is 5.97 Å². The minimum absolute atomic E-state index is 0.123. The predicted molar refractivity (Wildman–Crippen MR) is 114 cm³/mol. The van der Waals surface area contributed by atoms with Crippen LogP contribution in [0.1, 0.15) is 27.7 Å². The van der Waals surface area contributed by atoms with E-state index in [4.69, 9.17) is 0 Å². The normalized spacial score (nSPS) is 11.8. The number of carboxylic acid groups (broad SMARTS) is 1. The Morgan fingerprint density at radius 1 is 1.00 bits per heavy atom. The third-order valence-electron chi connectivity index (χ3n) is 5.04. The van der Waals surface area contributed by atoms with Crippen molar-refractivity contribution in [2.45, 2.75) is 5.92 Å². The van der Waals surface area contributed by atoms with Crippen molar-refractivity contribution in [1.82, 2.24) is 9.97 Å². The molecule has 4 rings (SSSR count). The molecule has 5 nitrogen and oxygen atoms in total. The largest absolute Gasteiger partial charge is 0.478 e. The maximum Gasteiger partial charge on any atom is 0.336 e. The van der Waals surface area contributed by atoms with Gasteiger partial charge in [-0.05, 0) is 59.2 Å². The quantitative estimate of drug-likeness (QED) is 0.380. The molecule has 1 unspecified atom stereocenters. The molecule has 0 aliphatic rings. The second-order valence-electron chi connectivity index (χ2n) is 7.03. The third kappa shape index (κ3) is 4.61. The number of hydrogen-bond acceptors (Lipinski definition) is 3. The number of rotatable bonds is 7. The highest BCUT2D eigenvalue weighted by Gasteiger charge is 2.18. The summed E-state index contributed by atoms with van der Waals surface area (Å²) in [5.74, 6) is -1.23. The molecule has 4 aromatic rings. The third-order valence-corrected chi connectivity index (χ3v) is 5.04. The van der Waals surface area contributed by atoms with E-state index in [-0.39, 0.29) is 17.3 Å². The molecule has 1 atom stereocenters. The van der Waals surface area contributed by atoms with Crippen LogP contribution >= 0.6 is 0 Å². The molecular weight excluding hydrogens is 400 g/mol. The smallest absolute Gasteiger partial charge is 0.336 e. The summed E-state index contributed by atoms with van der Waals surface area (Å²) in [6.07, 6.45) is 3.38. The maximum absolute atomic E-state index is 13.4. The first kappa shape index (κ1) is 20.3. The van der Waals surface area contributed by atoms with Crippen LogP contribution in [-0.4, -0.2) is 27.6 Å². The average molecular weight is 419 g/mol. The van der Waals surface area contributed by atoms with Gasteiger partial charge in [-0.25, -0.2) is 18.6 Å². The van der Waals surface area contributed by atoms with Crippen LogP contribution in [0.15, 0.2) is 79.1 Å². The van der Waals surface area contributed by atoms with E-state index in [9.17, 15) is 18.7 Å². The van der Waals surface area contributed by atoms with E-state index in [1.807, 2.05) is 0 Å². The Kier molecular flexibility index (Phi) is 5.75. The molecule has 0 saturated carbocycles. The van der Waals surface area contributed by atoms with Gasteiger partial charge in [0.2, 0.25) is 0 Å². The van der Waals surface area contributed by atoms with Crippen molar-refractivity contribution in [3.63, 3.8) is 0 Å². The Hall–Kier alpha value is -4.00. The molecular formula is C24H19F2N3O2. The van der Waals surface area contributed by atoms with Crippen molar-refractivity contribution < 1.29 is 18.7 Å². The predicted octanol–water partition coefficient (Wildman–Crippen LogP) is 5.30. The summed E-state index contributed by atoms with van der Waals surface area (Å²) in [7, 11) is 0. The Morgan fingerprint density at radius 2 is 1.68 bits per heavy atom. The number of carboxylic acids is 1. The van der Waals surface area contributed by atoms with Crippen LogP contribution in [-0.2, 0) is 0 Å². The van der Waals surface area contributed by atoms with Crippen molar-refractivity contribution in [2.75, 3.05) is 11.9 Å². The topological polar surface area (TPSA) is 78.0 Å². The number of aromatic amines is 1. The van der Waals surface area contributed by atoms with E-state index in [0.717, 1.165) is 11.4 Å². The van der Waals surface area contributed by atoms with Crippen molar-refractivity contribution >= 4 is 11.7 Å². The number of aromatic nitrogens is 2. The molecule has 1 heterocycles. The minimum atomic E-state index is -1.06. The molecule has 7 heteroatoms. The van der Waals surface area contributed by atoms with E-state index in [0.29, 0.717) is 23.4 Å². The number of halogens is 2. The highest BCUT2D eigenvalue weighted by atomic mass is 19.1. The molecule has 3 aromatic carbocycles. The number of imidazole rings is 1. The van der Waals surface area contributed by atoms with Crippen LogP contribution < -0.4 is 5.32 Å². The number of nitrogens with one attached hydrogen (secondary N) is 2. The summed E-state index contributed by atoms with van der Waals surface area (Å²) in [6, 6.07) is 16.8. The summed E-state index contributed by atoms with van der Waals surface area (Å²) >= 11 is 0. The molecule has 0 aliphatic heterocycles. The van der Waals surface area contributed by atoms with Gasteiger partial charge in [0.25, 0.3) is 0 Å². The van der Waals surface area contributed by atoms with Crippen LogP contribution in [0.5, 0.6) is 0 Å². The Bertz CT molecular complexity index is 1170. The first-order valence-corrected chi connectivity index (χ1v) is 9.63. The van der Waals surface area contributed by atoms with Crippen molar-refractivity contribution in [3.8, 4) is 11.1 Å². The molecule has 0 spiro atoms. The zero-order chi connectivity index (χ0) is 21.8. The van der Waals surface area contributed by atoms with Gasteiger partial charge in [-0.3, -0.25) is 0 Å². The van der Waals surface area contributed by atoms with E-state index < -0.39 is 11.8 Å². The summed E-state index contributed by atoms with van der Waals surface area (Å²) in [5.41, 5.74) is 2.78. The summed E-state index contributed by atoms with van der Waals surface area (Å²) in [5, 5.41) is 12.9. The number of nitrogens with zero attached hydrogens (tertiary/aromatic N) is 1. The molecule has 0 amide bonds. The van der Waals surface area contributed by atoms with Crippen LogP contribution in [0.3, 0.4) is 0 Å². The summed E-state index contributed by atoms with van der Waals surface area (Å²) in [4.78, 5) is 19.1. The van der Waals surface area contributed by atoms with Crippen molar-refractivity contribution in [1.29, 1.82) is 0 Å². The highest BCUT2D eigenvalue weighted by Crippen LogP contribution is 2.29. The number of hydrogen-bond donors (Lipinski definition) is 3. The fourth-order valence-electron chi connectivity index (χ4n) is 3.46. The van der Waals surface area contributed by atoms with E-state index >= 15 is 0 Å². The first-order valence-electron chi connectivity index (χ1n) is 9.63. The van der Waals surface area contributed by atoms with Gasteiger partial charge in [0, 0.05) is 24.6 Å².